The Balaban J connectivity index is 3.68. The molecule has 0 aliphatic carbocycles. The predicted molar refractivity (Wildman–Crippen MR) is 55.3 cm³/mol. The van der Waals surface area contributed by atoms with Gasteiger partial charge in [-0.15, -0.1) is 0 Å². The lowest BCUT2D eigenvalue weighted by molar-refractivity contribution is -0.122. The number of amides is 1. The van der Waals surface area contributed by atoms with Crippen LogP contribution in [0.5, 0.6) is 0 Å². The van der Waals surface area contributed by atoms with Crippen LogP contribution in [0.15, 0.2) is 11.6 Å². The Labute approximate surface area is 80.4 Å². The second kappa shape index (κ2) is 6.66. The molecular formula is C10H20N2O. The number of allylic oxidation sites excluding steroid dienone is 1. The van der Waals surface area contributed by atoms with Gasteiger partial charge in [0.25, 0.3) is 0 Å². The normalized spacial score (nSPS) is 12.0. The molecule has 3 heteroatoms. The summed E-state index contributed by atoms with van der Waals surface area (Å²) in [4.78, 5) is 11.2. The second-order valence-corrected chi connectivity index (χ2v) is 3.42. The molecule has 0 aliphatic rings. The average Bonchev–Trinajstić information content (AvgIpc) is 2.04. The summed E-state index contributed by atoms with van der Waals surface area (Å²) in [7, 11) is 0. The third-order valence-electron chi connectivity index (χ3n) is 1.72. The van der Waals surface area contributed by atoms with Crippen molar-refractivity contribution in [3.05, 3.63) is 11.6 Å². The third kappa shape index (κ3) is 6.34. The van der Waals surface area contributed by atoms with Crippen LogP contribution in [0.25, 0.3) is 0 Å². The summed E-state index contributed by atoms with van der Waals surface area (Å²) in [5.41, 5.74) is 6.81. The van der Waals surface area contributed by atoms with Crippen LogP contribution in [-0.4, -0.2) is 18.5 Å². The van der Waals surface area contributed by atoms with Gasteiger partial charge in [0.1, 0.15) is 0 Å². The van der Waals surface area contributed by atoms with Crippen molar-refractivity contribution in [1.29, 1.82) is 0 Å². The van der Waals surface area contributed by atoms with Crippen LogP contribution in [0.2, 0.25) is 0 Å². The summed E-state index contributed by atoms with van der Waals surface area (Å²) < 4.78 is 0. The minimum Gasteiger partial charge on any atom is -0.351 e. The van der Waals surface area contributed by atoms with Gasteiger partial charge >= 0.3 is 0 Å². The van der Waals surface area contributed by atoms with Crippen molar-refractivity contribution >= 4 is 5.91 Å². The first-order chi connectivity index (χ1) is 6.07. The predicted octanol–water partition coefficient (Wildman–Crippen LogP) is 1.20. The number of hydrogen-bond acceptors (Lipinski definition) is 2. The molecule has 0 aromatic carbocycles. The van der Waals surface area contributed by atoms with Crippen molar-refractivity contribution < 1.29 is 4.79 Å². The monoisotopic (exact) mass is 184 g/mol. The van der Waals surface area contributed by atoms with Crippen molar-refractivity contribution in [2.45, 2.75) is 39.7 Å². The zero-order valence-electron chi connectivity index (χ0n) is 8.76. The van der Waals surface area contributed by atoms with E-state index in [4.69, 9.17) is 5.73 Å². The van der Waals surface area contributed by atoms with Crippen LogP contribution in [-0.2, 0) is 4.79 Å². The van der Waals surface area contributed by atoms with Crippen molar-refractivity contribution in [1.82, 2.24) is 5.32 Å². The lowest BCUT2D eigenvalue weighted by Crippen LogP contribution is -2.40. The van der Waals surface area contributed by atoms with E-state index in [0.717, 1.165) is 12.8 Å². The molecule has 13 heavy (non-hydrogen) atoms. The smallest absolute Gasteiger partial charge is 0.237 e. The quantitative estimate of drug-likeness (QED) is 0.631. The maximum Gasteiger partial charge on any atom is 0.237 e. The van der Waals surface area contributed by atoms with Gasteiger partial charge in [-0.1, -0.05) is 25.0 Å². The van der Waals surface area contributed by atoms with Gasteiger partial charge in [-0.3, -0.25) is 4.79 Å². The third-order valence-corrected chi connectivity index (χ3v) is 1.72. The molecule has 0 heterocycles. The molecule has 0 fully saturated rings. The van der Waals surface area contributed by atoms with E-state index in [1.807, 2.05) is 26.8 Å². The fraction of sp³-hybridized carbons (Fsp3) is 0.700. The van der Waals surface area contributed by atoms with Crippen LogP contribution in [0.1, 0.15) is 33.6 Å². The van der Waals surface area contributed by atoms with Gasteiger partial charge in [0, 0.05) is 6.54 Å². The Morgan fingerprint density at radius 3 is 2.62 bits per heavy atom. The summed E-state index contributed by atoms with van der Waals surface area (Å²) in [6, 6.07) is -0.351. The van der Waals surface area contributed by atoms with Crippen molar-refractivity contribution in [3.8, 4) is 0 Å². The van der Waals surface area contributed by atoms with E-state index >= 15 is 0 Å². The van der Waals surface area contributed by atoms with E-state index in [-0.39, 0.29) is 11.9 Å². The molecule has 0 radical (unpaired) electrons. The molecule has 1 atom stereocenters. The highest BCUT2D eigenvalue weighted by Gasteiger charge is 2.09. The Kier molecular flexibility index (Phi) is 6.24. The lowest BCUT2D eigenvalue weighted by atomic mass is 10.2. The molecule has 1 amide bonds. The summed E-state index contributed by atoms with van der Waals surface area (Å²) in [6.45, 7) is 6.60. The molecule has 76 valence electrons. The fourth-order valence-corrected chi connectivity index (χ4v) is 0.929. The van der Waals surface area contributed by atoms with Crippen molar-refractivity contribution in [2.75, 3.05) is 6.54 Å². The Morgan fingerprint density at radius 2 is 2.15 bits per heavy atom. The van der Waals surface area contributed by atoms with E-state index in [2.05, 4.69) is 5.32 Å². The highest BCUT2D eigenvalue weighted by Crippen LogP contribution is 1.93. The number of nitrogens with two attached hydrogens (primary N) is 1. The first-order valence-corrected chi connectivity index (χ1v) is 4.74. The molecule has 0 aliphatic heterocycles. The maximum absolute atomic E-state index is 11.2. The lowest BCUT2D eigenvalue weighted by Gasteiger charge is -2.09. The van der Waals surface area contributed by atoms with E-state index in [1.165, 1.54) is 5.57 Å². The minimum absolute atomic E-state index is 0.0562. The van der Waals surface area contributed by atoms with E-state index in [0.29, 0.717) is 6.54 Å². The standard InChI is InChI=1S/C10H20N2O/c1-4-5-9(11)10(13)12-7-6-8(2)3/h6,9H,4-5,7,11H2,1-3H3,(H,12,13)/t9-/m0/s1. The molecule has 0 rings (SSSR count). The molecule has 3 nitrogen and oxygen atoms in total. The fourth-order valence-electron chi connectivity index (χ4n) is 0.929. The SMILES string of the molecule is CCC[C@H](N)C(=O)NCC=C(C)C. The zero-order valence-corrected chi connectivity index (χ0v) is 8.76. The van der Waals surface area contributed by atoms with E-state index < -0.39 is 0 Å². The van der Waals surface area contributed by atoms with Crippen molar-refractivity contribution in [2.24, 2.45) is 5.73 Å². The van der Waals surface area contributed by atoms with Gasteiger partial charge in [0.15, 0.2) is 0 Å². The molecule has 3 N–H and O–H groups in total. The number of nitrogens with one attached hydrogen (secondary N) is 1. The van der Waals surface area contributed by atoms with Gasteiger partial charge in [0.2, 0.25) is 5.91 Å². The topological polar surface area (TPSA) is 55.1 Å². The molecule has 0 aromatic rings. The van der Waals surface area contributed by atoms with Crippen molar-refractivity contribution in [3.63, 3.8) is 0 Å². The zero-order chi connectivity index (χ0) is 10.3. The number of hydrogen-bond donors (Lipinski definition) is 2. The highest BCUT2D eigenvalue weighted by atomic mass is 16.2. The van der Waals surface area contributed by atoms with Gasteiger partial charge in [0.05, 0.1) is 6.04 Å². The molecule has 0 spiro atoms. The summed E-state index contributed by atoms with van der Waals surface area (Å²) in [5, 5.41) is 2.76. The largest absolute Gasteiger partial charge is 0.351 e. The first-order valence-electron chi connectivity index (χ1n) is 4.74. The molecule has 0 bridgehead atoms. The van der Waals surface area contributed by atoms with Gasteiger partial charge in [-0.2, -0.15) is 0 Å². The summed E-state index contributed by atoms with van der Waals surface area (Å²) in [6.07, 6.45) is 3.66. The number of rotatable bonds is 5. The average molecular weight is 184 g/mol. The Morgan fingerprint density at radius 1 is 1.54 bits per heavy atom. The second-order valence-electron chi connectivity index (χ2n) is 3.42. The highest BCUT2D eigenvalue weighted by molar-refractivity contribution is 5.81. The van der Waals surface area contributed by atoms with Crippen LogP contribution in [0.4, 0.5) is 0 Å². The van der Waals surface area contributed by atoms with E-state index in [9.17, 15) is 4.79 Å². The molecule has 0 unspecified atom stereocenters. The Hall–Kier alpha value is -0.830. The van der Waals surface area contributed by atoms with Gasteiger partial charge in [-0.25, -0.2) is 0 Å². The summed E-state index contributed by atoms with van der Waals surface area (Å²) >= 11 is 0. The first kappa shape index (κ1) is 12.2. The van der Waals surface area contributed by atoms with Gasteiger partial charge in [-0.05, 0) is 20.3 Å². The van der Waals surface area contributed by atoms with Crippen LogP contribution >= 0.6 is 0 Å². The minimum atomic E-state index is -0.351. The maximum atomic E-state index is 11.2. The molecule has 0 aromatic heterocycles. The van der Waals surface area contributed by atoms with E-state index in [1.54, 1.807) is 0 Å². The number of carbonyl (C=O) groups excluding carboxylic acids is 1. The van der Waals surface area contributed by atoms with Gasteiger partial charge < -0.3 is 11.1 Å². The molecular weight excluding hydrogens is 164 g/mol. The van der Waals surface area contributed by atoms with Crippen LogP contribution in [0, 0.1) is 0 Å². The summed E-state index contributed by atoms with van der Waals surface area (Å²) in [5.74, 6) is -0.0562. The Bertz CT molecular complexity index is 183. The number of carbonyl (C=O) groups is 1. The molecule has 0 saturated heterocycles. The molecule has 0 saturated carbocycles. The van der Waals surface area contributed by atoms with Crippen LogP contribution in [0.3, 0.4) is 0 Å². The van der Waals surface area contributed by atoms with Crippen LogP contribution < -0.4 is 11.1 Å².